The van der Waals surface area contributed by atoms with Crippen LogP contribution in [0.15, 0.2) is 11.6 Å². The fourth-order valence-corrected chi connectivity index (χ4v) is 2.03. The van der Waals surface area contributed by atoms with E-state index in [2.05, 4.69) is 0 Å². The van der Waals surface area contributed by atoms with Gasteiger partial charge in [-0.2, -0.15) is 0 Å². The first kappa shape index (κ1) is 16.7. The van der Waals surface area contributed by atoms with Crippen LogP contribution in [0.5, 0.6) is 0 Å². The Morgan fingerprint density at radius 2 is 2.00 bits per heavy atom. The topological polar surface area (TPSA) is 52.6 Å². The molecule has 0 fully saturated rings. The van der Waals surface area contributed by atoms with Gasteiger partial charge in [-0.25, -0.2) is 14.0 Å². The van der Waals surface area contributed by atoms with Gasteiger partial charge in [0.1, 0.15) is 5.60 Å². The molecule has 0 saturated carbocycles. The summed E-state index contributed by atoms with van der Waals surface area (Å²) in [5.74, 6) is -1.27. The van der Waals surface area contributed by atoms with Gasteiger partial charge in [-0.3, -0.25) is 0 Å². The van der Waals surface area contributed by atoms with Crippen LogP contribution in [0.2, 0.25) is 0 Å². The Hall–Kier alpha value is -1.39. The normalized spacial score (nSPS) is 23.6. The standard InChI is InChI=1S/C15H23FO4/c1-5-19-13(18)15(16)9-6-7-11(8-10-15)12(17)20-14(2,3)4/h7H,5-6,8-10H2,1-4H3. The van der Waals surface area contributed by atoms with Crippen molar-refractivity contribution in [2.75, 3.05) is 6.61 Å². The summed E-state index contributed by atoms with van der Waals surface area (Å²) in [6.45, 7) is 7.12. The Balaban J connectivity index is 2.68. The Morgan fingerprint density at radius 1 is 1.35 bits per heavy atom. The predicted octanol–water partition coefficient (Wildman–Crippen LogP) is 3.10. The second-order valence-electron chi connectivity index (χ2n) is 5.96. The van der Waals surface area contributed by atoms with Gasteiger partial charge in [0.15, 0.2) is 0 Å². The third kappa shape index (κ3) is 4.62. The molecule has 5 heteroatoms. The van der Waals surface area contributed by atoms with Crippen molar-refractivity contribution in [2.45, 2.75) is 64.6 Å². The average molecular weight is 286 g/mol. The number of alkyl halides is 1. The van der Waals surface area contributed by atoms with Gasteiger partial charge in [-0.05, 0) is 53.4 Å². The van der Waals surface area contributed by atoms with Gasteiger partial charge >= 0.3 is 11.9 Å². The molecular weight excluding hydrogens is 263 g/mol. The molecule has 20 heavy (non-hydrogen) atoms. The molecule has 1 atom stereocenters. The summed E-state index contributed by atoms with van der Waals surface area (Å²) in [6, 6.07) is 0. The zero-order valence-corrected chi connectivity index (χ0v) is 12.6. The van der Waals surface area contributed by atoms with Gasteiger partial charge in [0, 0.05) is 5.57 Å². The molecule has 1 unspecified atom stereocenters. The largest absolute Gasteiger partial charge is 0.464 e. The zero-order chi connectivity index (χ0) is 15.4. The fourth-order valence-electron chi connectivity index (χ4n) is 2.03. The monoisotopic (exact) mass is 286 g/mol. The van der Waals surface area contributed by atoms with Crippen molar-refractivity contribution in [3.8, 4) is 0 Å². The van der Waals surface area contributed by atoms with Crippen LogP contribution < -0.4 is 0 Å². The third-order valence-corrected chi connectivity index (χ3v) is 3.02. The highest BCUT2D eigenvalue weighted by Gasteiger charge is 2.41. The van der Waals surface area contributed by atoms with Crippen LogP contribution in [0.4, 0.5) is 4.39 Å². The molecule has 0 saturated heterocycles. The summed E-state index contributed by atoms with van der Waals surface area (Å²) in [5.41, 5.74) is -2.15. The number of rotatable bonds is 3. The SMILES string of the molecule is CCOC(=O)C1(F)CCC=C(C(=O)OC(C)(C)C)CC1. The van der Waals surface area contributed by atoms with E-state index in [-0.39, 0.29) is 25.9 Å². The molecule has 114 valence electrons. The minimum absolute atomic E-state index is 0.0398. The molecule has 4 nitrogen and oxygen atoms in total. The maximum absolute atomic E-state index is 14.5. The van der Waals surface area contributed by atoms with Gasteiger partial charge in [-0.15, -0.1) is 0 Å². The molecule has 1 aliphatic carbocycles. The lowest BCUT2D eigenvalue weighted by Gasteiger charge is -2.22. The van der Waals surface area contributed by atoms with Crippen LogP contribution in [-0.4, -0.2) is 29.8 Å². The Kier molecular flexibility index (Phi) is 5.31. The first-order valence-electron chi connectivity index (χ1n) is 6.96. The Morgan fingerprint density at radius 3 is 2.55 bits per heavy atom. The maximum Gasteiger partial charge on any atom is 0.343 e. The predicted molar refractivity (Wildman–Crippen MR) is 72.9 cm³/mol. The first-order valence-corrected chi connectivity index (χ1v) is 6.96. The first-order chi connectivity index (χ1) is 9.18. The summed E-state index contributed by atoms with van der Waals surface area (Å²) in [7, 11) is 0. The van der Waals surface area contributed by atoms with Crippen molar-refractivity contribution < 1.29 is 23.5 Å². The molecule has 1 rings (SSSR count). The molecular formula is C15H23FO4. The van der Waals surface area contributed by atoms with E-state index in [4.69, 9.17) is 9.47 Å². The number of esters is 2. The number of allylic oxidation sites excluding steroid dienone is 1. The molecule has 0 amide bonds. The summed E-state index contributed by atoms with van der Waals surface area (Å²) in [4.78, 5) is 23.6. The molecule has 0 spiro atoms. The van der Waals surface area contributed by atoms with Crippen molar-refractivity contribution in [1.29, 1.82) is 0 Å². The van der Waals surface area contributed by atoms with Gasteiger partial charge < -0.3 is 9.47 Å². The summed E-state index contributed by atoms with van der Waals surface area (Å²) in [6.07, 6.45) is 2.16. The molecule has 0 aromatic heterocycles. The Bertz CT molecular complexity index is 409. The highest BCUT2D eigenvalue weighted by atomic mass is 19.1. The lowest BCUT2D eigenvalue weighted by Crippen LogP contribution is -2.35. The van der Waals surface area contributed by atoms with Crippen LogP contribution in [0.25, 0.3) is 0 Å². The smallest absolute Gasteiger partial charge is 0.343 e. The lowest BCUT2D eigenvalue weighted by molar-refractivity contribution is -0.158. The van der Waals surface area contributed by atoms with E-state index in [0.29, 0.717) is 12.0 Å². The molecule has 0 aromatic carbocycles. The van der Waals surface area contributed by atoms with Crippen LogP contribution in [0.3, 0.4) is 0 Å². The van der Waals surface area contributed by atoms with E-state index in [0.717, 1.165) is 0 Å². The average Bonchev–Trinajstić information content (AvgIpc) is 2.50. The second kappa shape index (κ2) is 6.37. The lowest BCUT2D eigenvalue weighted by atomic mass is 9.95. The quantitative estimate of drug-likeness (QED) is 0.748. The summed E-state index contributed by atoms with van der Waals surface area (Å²) >= 11 is 0. The number of ether oxygens (including phenoxy) is 2. The summed E-state index contributed by atoms with van der Waals surface area (Å²) in [5, 5.41) is 0. The van der Waals surface area contributed by atoms with Crippen molar-refractivity contribution in [2.24, 2.45) is 0 Å². The van der Waals surface area contributed by atoms with Gasteiger partial charge in [0.2, 0.25) is 5.67 Å². The van der Waals surface area contributed by atoms with Crippen molar-refractivity contribution in [1.82, 2.24) is 0 Å². The number of carbonyl (C=O) groups is 2. The van der Waals surface area contributed by atoms with Gasteiger partial charge in [0.05, 0.1) is 6.61 Å². The highest BCUT2D eigenvalue weighted by molar-refractivity contribution is 5.89. The number of halogens is 1. The molecule has 1 aliphatic rings. The van der Waals surface area contributed by atoms with Gasteiger partial charge in [-0.1, -0.05) is 6.08 Å². The van der Waals surface area contributed by atoms with Crippen molar-refractivity contribution in [3.63, 3.8) is 0 Å². The number of hydrogen-bond donors (Lipinski definition) is 0. The van der Waals surface area contributed by atoms with E-state index < -0.39 is 23.2 Å². The summed E-state index contributed by atoms with van der Waals surface area (Å²) < 4.78 is 24.6. The van der Waals surface area contributed by atoms with Crippen LogP contribution in [0.1, 0.15) is 53.4 Å². The third-order valence-electron chi connectivity index (χ3n) is 3.02. The zero-order valence-electron chi connectivity index (χ0n) is 12.6. The molecule has 0 aliphatic heterocycles. The van der Waals surface area contributed by atoms with Crippen LogP contribution in [0, 0.1) is 0 Å². The molecule has 0 heterocycles. The highest BCUT2D eigenvalue weighted by Crippen LogP contribution is 2.32. The van der Waals surface area contributed by atoms with Crippen molar-refractivity contribution >= 4 is 11.9 Å². The van der Waals surface area contributed by atoms with E-state index in [1.807, 2.05) is 0 Å². The van der Waals surface area contributed by atoms with E-state index >= 15 is 0 Å². The minimum atomic E-state index is -2.00. The van der Waals surface area contributed by atoms with Gasteiger partial charge in [0.25, 0.3) is 0 Å². The minimum Gasteiger partial charge on any atom is -0.464 e. The van der Waals surface area contributed by atoms with Crippen LogP contribution in [-0.2, 0) is 19.1 Å². The molecule has 0 radical (unpaired) electrons. The van der Waals surface area contributed by atoms with Crippen molar-refractivity contribution in [3.05, 3.63) is 11.6 Å². The van der Waals surface area contributed by atoms with E-state index in [1.54, 1.807) is 33.8 Å². The van der Waals surface area contributed by atoms with E-state index in [1.165, 1.54) is 0 Å². The van der Waals surface area contributed by atoms with Crippen LogP contribution >= 0.6 is 0 Å². The Labute approximate surface area is 119 Å². The number of hydrogen-bond acceptors (Lipinski definition) is 4. The molecule has 0 aromatic rings. The molecule has 0 bridgehead atoms. The molecule has 0 N–H and O–H groups in total. The van der Waals surface area contributed by atoms with E-state index in [9.17, 15) is 14.0 Å². The maximum atomic E-state index is 14.5. The second-order valence-corrected chi connectivity index (χ2v) is 5.96. The fraction of sp³-hybridized carbons (Fsp3) is 0.733. The number of carbonyl (C=O) groups excluding carboxylic acids is 2.